The van der Waals surface area contributed by atoms with Crippen molar-refractivity contribution >= 4 is 34.8 Å². The minimum atomic E-state index is -0.872. The third kappa shape index (κ3) is 3.46. The van der Waals surface area contributed by atoms with E-state index in [0.29, 0.717) is 50.3 Å². The Morgan fingerprint density at radius 2 is 1.79 bits per heavy atom. The first-order valence-corrected chi connectivity index (χ1v) is 11.3. The van der Waals surface area contributed by atoms with Gasteiger partial charge in [0.2, 0.25) is 11.8 Å². The molecule has 3 amide bonds. The number of nitrogens with zero attached hydrogens (tertiary/aromatic N) is 5. The molecule has 3 aliphatic heterocycles. The summed E-state index contributed by atoms with van der Waals surface area (Å²) in [6.45, 7) is 3.69. The van der Waals surface area contributed by atoms with Crippen LogP contribution in [0.25, 0.3) is 0 Å². The number of hydrogen-bond acceptors (Lipinski definition) is 6. The zero-order valence-electron chi connectivity index (χ0n) is 18.8. The number of benzene rings is 2. The maximum atomic E-state index is 13.4. The van der Waals surface area contributed by atoms with E-state index in [1.54, 1.807) is 40.1 Å². The van der Waals surface area contributed by atoms with Crippen LogP contribution in [0.5, 0.6) is 0 Å². The van der Waals surface area contributed by atoms with Gasteiger partial charge in [-0.1, -0.05) is 18.2 Å². The van der Waals surface area contributed by atoms with Crippen LogP contribution in [-0.2, 0) is 9.59 Å². The maximum Gasteiger partial charge on any atom is 0.271 e. The van der Waals surface area contributed by atoms with Gasteiger partial charge in [0.1, 0.15) is 12.2 Å². The van der Waals surface area contributed by atoms with Crippen molar-refractivity contribution in [3.8, 4) is 0 Å². The van der Waals surface area contributed by atoms with Crippen LogP contribution in [0.3, 0.4) is 0 Å². The first-order chi connectivity index (χ1) is 16.3. The summed E-state index contributed by atoms with van der Waals surface area (Å²) in [6, 6.07) is 13.5. The van der Waals surface area contributed by atoms with E-state index in [2.05, 4.69) is 0 Å². The SMILES string of the molecule is CC12CCC(=O)N1c1ccccc1C(=O)N2CC(=O)N1CCN(c2cccc([N+](=O)[O-])c2)CC1. The monoisotopic (exact) mass is 463 g/mol. The molecular weight excluding hydrogens is 438 g/mol. The van der Waals surface area contributed by atoms with E-state index < -0.39 is 10.6 Å². The number of nitro groups is 1. The molecule has 1 unspecified atom stereocenters. The normalized spacial score (nSPS) is 22.0. The van der Waals surface area contributed by atoms with Gasteiger partial charge in [-0.3, -0.25) is 29.4 Å². The van der Waals surface area contributed by atoms with Gasteiger partial charge in [0.05, 0.1) is 16.2 Å². The summed E-state index contributed by atoms with van der Waals surface area (Å²) >= 11 is 0. The van der Waals surface area contributed by atoms with Gasteiger partial charge in [-0.05, 0) is 31.5 Å². The lowest BCUT2D eigenvalue weighted by molar-refractivity contribution is -0.384. The van der Waals surface area contributed by atoms with Crippen LogP contribution in [0.1, 0.15) is 30.1 Å². The van der Waals surface area contributed by atoms with Gasteiger partial charge >= 0.3 is 0 Å². The molecule has 2 saturated heterocycles. The van der Waals surface area contributed by atoms with E-state index in [1.165, 1.54) is 17.0 Å². The molecule has 0 bridgehead atoms. The van der Waals surface area contributed by atoms with Crippen LogP contribution in [0.4, 0.5) is 17.1 Å². The quantitative estimate of drug-likeness (QED) is 0.508. The molecule has 34 heavy (non-hydrogen) atoms. The summed E-state index contributed by atoms with van der Waals surface area (Å²) in [5, 5.41) is 11.1. The minimum Gasteiger partial charge on any atom is -0.368 e. The van der Waals surface area contributed by atoms with Crippen LogP contribution in [-0.4, -0.2) is 70.8 Å². The van der Waals surface area contributed by atoms with Crippen LogP contribution in [0, 0.1) is 10.1 Å². The zero-order chi connectivity index (χ0) is 24.0. The van der Waals surface area contributed by atoms with Crippen molar-refractivity contribution in [2.45, 2.75) is 25.4 Å². The number of piperazine rings is 1. The Bertz CT molecular complexity index is 1190. The number of carbonyl (C=O) groups is 3. The van der Waals surface area contributed by atoms with Gasteiger partial charge in [-0.2, -0.15) is 0 Å². The van der Waals surface area contributed by atoms with E-state index >= 15 is 0 Å². The fraction of sp³-hybridized carbons (Fsp3) is 0.375. The van der Waals surface area contributed by atoms with Crippen LogP contribution in [0.15, 0.2) is 48.5 Å². The molecule has 3 aliphatic rings. The van der Waals surface area contributed by atoms with E-state index in [0.717, 1.165) is 5.69 Å². The Morgan fingerprint density at radius 3 is 2.53 bits per heavy atom. The van der Waals surface area contributed by atoms with Crippen molar-refractivity contribution in [1.82, 2.24) is 9.80 Å². The average Bonchev–Trinajstić information content (AvgIpc) is 3.17. The molecule has 0 N–H and O–H groups in total. The van der Waals surface area contributed by atoms with Crippen LogP contribution in [0.2, 0.25) is 0 Å². The number of hydrogen-bond donors (Lipinski definition) is 0. The lowest BCUT2D eigenvalue weighted by Crippen LogP contribution is -2.64. The Kier molecular flexibility index (Phi) is 5.22. The third-order valence-electron chi connectivity index (χ3n) is 7.08. The highest BCUT2D eigenvalue weighted by atomic mass is 16.6. The second-order valence-electron chi connectivity index (χ2n) is 9.00. The summed E-state index contributed by atoms with van der Waals surface area (Å²) in [7, 11) is 0. The number of rotatable bonds is 4. The molecule has 176 valence electrons. The molecule has 3 heterocycles. The van der Waals surface area contributed by atoms with Crippen molar-refractivity contribution in [1.29, 1.82) is 0 Å². The number of nitro benzene ring substituents is 1. The molecule has 5 rings (SSSR count). The molecular formula is C24H25N5O5. The topological polar surface area (TPSA) is 107 Å². The molecule has 10 heteroatoms. The molecule has 0 aromatic heterocycles. The molecule has 10 nitrogen and oxygen atoms in total. The Hall–Kier alpha value is -3.95. The number of non-ortho nitro benzene ring substituents is 1. The molecule has 0 saturated carbocycles. The summed E-state index contributed by atoms with van der Waals surface area (Å²) in [5.74, 6) is -0.468. The zero-order valence-corrected chi connectivity index (χ0v) is 18.8. The van der Waals surface area contributed by atoms with Crippen molar-refractivity contribution in [2.24, 2.45) is 0 Å². The van der Waals surface area contributed by atoms with Crippen molar-refractivity contribution in [3.05, 3.63) is 64.2 Å². The predicted octanol–water partition coefficient (Wildman–Crippen LogP) is 2.24. The van der Waals surface area contributed by atoms with Crippen molar-refractivity contribution < 1.29 is 19.3 Å². The second-order valence-corrected chi connectivity index (χ2v) is 9.00. The fourth-order valence-corrected chi connectivity index (χ4v) is 5.19. The van der Waals surface area contributed by atoms with E-state index in [4.69, 9.17) is 0 Å². The lowest BCUT2D eigenvalue weighted by atomic mass is 9.98. The smallest absolute Gasteiger partial charge is 0.271 e. The van der Waals surface area contributed by atoms with Crippen molar-refractivity contribution in [3.63, 3.8) is 0 Å². The number of anilines is 2. The molecule has 2 aromatic rings. The van der Waals surface area contributed by atoms with Gasteiger partial charge in [0.15, 0.2) is 0 Å². The fourth-order valence-electron chi connectivity index (χ4n) is 5.19. The molecule has 0 radical (unpaired) electrons. The standard InChI is InChI=1S/C24H25N5O5/c1-24-10-9-21(30)28(24)20-8-3-2-7-19(20)23(32)27(24)16-22(31)26-13-11-25(12-14-26)17-5-4-6-18(15-17)29(33)34/h2-8,15H,9-14,16H2,1H3. The summed E-state index contributed by atoms with van der Waals surface area (Å²) in [6.07, 6.45) is 0.796. The first kappa shape index (κ1) is 21.9. The summed E-state index contributed by atoms with van der Waals surface area (Å²) in [5.41, 5.74) is 0.939. The van der Waals surface area contributed by atoms with Gasteiger partial charge in [0.25, 0.3) is 11.6 Å². The van der Waals surface area contributed by atoms with E-state index in [-0.39, 0.29) is 30.0 Å². The van der Waals surface area contributed by atoms with E-state index in [1.807, 2.05) is 17.9 Å². The first-order valence-electron chi connectivity index (χ1n) is 11.3. The molecule has 0 aliphatic carbocycles. The minimum absolute atomic E-state index is 0.0313. The Morgan fingerprint density at radius 1 is 1.06 bits per heavy atom. The van der Waals surface area contributed by atoms with Gasteiger partial charge in [0, 0.05) is 50.4 Å². The summed E-state index contributed by atoms with van der Waals surface area (Å²) < 4.78 is 0. The number of para-hydroxylation sites is 1. The maximum absolute atomic E-state index is 13.4. The highest BCUT2D eigenvalue weighted by molar-refractivity contribution is 6.11. The average molecular weight is 463 g/mol. The Balaban J connectivity index is 1.30. The van der Waals surface area contributed by atoms with Gasteiger partial charge in [-0.15, -0.1) is 0 Å². The molecule has 1 atom stereocenters. The molecule has 0 spiro atoms. The highest BCUT2D eigenvalue weighted by Gasteiger charge is 2.53. The van der Waals surface area contributed by atoms with Crippen LogP contribution < -0.4 is 9.80 Å². The van der Waals surface area contributed by atoms with Gasteiger partial charge < -0.3 is 14.7 Å². The lowest BCUT2D eigenvalue weighted by Gasteiger charge is -2.49. The predicted molar refractivity (Wildman–Crippen MR) is 124 cm³/mol. The Labute approximate surface area is 196 Å². The molecule has 2 fully saturated rings. The highest BCUT2D eigenvalue weighted by Crippen LogP contribution is 2.43. The largest absolute Gasteiger partial charge is 0.368 e. The summed E-state index contributed by atoms with van der Waals surface area (Å²) in [4.78, 5) is 56.9. The van der Waals surface area contributed by atoms with Gasteiger partial charge in [-0.25, -0.2) is 0 Å². The number of carbonyl (C=O) groups excluding carboxylic acids is 3. The number of amides is 3. The molecule has 2 aromatic carbocycles. The third-order valence-corrected chi connectivity index (χ3v) is 7.08. The number of fused-ring (bicyclic) bond motifs is 3. The second kappa shape index (κ2) is 8.12. The van der Waals surface area contributed by atoms with E-state index in [9.17, 15) is 24.5 Å². The van der Waals surface area contributed by atoms with Crippen LogP contribution >= 0.6 is 0 Å². The van der Waals surface area contributed by atoms with Crippen molar-refractivity contribution in [2.75, 3.05) is 42.5 Å².